The van der Waals surface area contributed by atoms with Crippen molar-refractivity contribution < 1.29 is 9.53 Å². The fraction of sp³-hybridized carbons (Fsp3) is 0.950. The smallest absolute Gasteiger partial charge is 0.225 e. The van der Waals surface area contributed by atoms with E-state index < -0.39 is 0 Å². The standard InChI is InChI=1S/C20H35N3O2/c1-16(2)21-10-12-22(13-11-21)18-5-14-25-20(15-18)6-8-23(9-7-20)19(24)17-3-4-17/h16-18H,3-15H2,1-2H3. The molecule has 3 heterocycles. The van der Waals surface area contributed by atoms with Gasteiger partial charge >= 0.3 is 0 Å². The van der Waals surface area contributed by atoms with Crippen molar-refractivity contribution in [3.05, 3.63) is 0 Å². The minimum atomic E-state index is 0.0401. The summed E-state index contributed by atoms with van der Waals surface area (Å²) in [5, 5.41) is 0. The van der Waals surface area contributed by atoms with Crippen LogP contribution in [0.4, 0.5) is 0 Å². The number of hydrogen-bond acceptors (Lipinski definition) is 4. The van der Waals surface area contributed by atoms with E-state index in [2.05, 4.69) is 28.5 Å². The molecule has 0 aromatic carbocycles. The fourth-order valence-corrected chi connectivity index (χ4v) is 5.00. The maximum atomic E-state index is 12.3. The van der Waals surface area contributed by atoms with E-state index >= 15 is 0 Å². The van der Waals surface area contributed by atoms with Gasteiger partial charge in [-0.25, -0.2) is 0 Å². The van der Waals surface area contributed by atoms with Crippen LogP contribution in [0.25, 0.3) is 0 Å². The molecule has 5 nitrogen and oxygen atoms in total. The van der Waals surface area contributed by atoms with Crippen LogP contribution >= 0.6 is 0 Å². The van der Waals surface area contributed by atoms with Gasteiger partial charge in [-0.2, -0.15) is 0 Å². The molecule has 1 aliphatic carbocycles. The van der Waals surface area contributed by atoms with Gasteiger partial charge in [0, 0.05) is 63.9 Å². The van der Waals surface area contributed by atoms with Gasteiger partial charge in [0.25, 0.3) is 0 Å². The zero-order valence-corrected chi connectivity index (χ0v) is 16.1. The van der Waals surface area contributed by atoms with Crippen molar-refractivity contribution in [1.82, 2.24) is 14.7 Å². The van der Waals surface area contributed by atoms with Gasteiger partial charge in [-0.1, -0.05) is 0 Å². The Bertz CT molecular complexity index is 475. The van der Waals surface area contributed by atoms with E-state index in [1.807, 2.05) is 0 Å². The van der Waals surface area contributed by atoms with Crippen molar-refractivity contribution >= 4 is 5.91 Å². The van der Waals surface area contributed by atoms with Crippen molar-refractivity contribution in [2.45, 2.75) is 70.1 Å². The summed E-state index contributed by atoms with van der Waals surface area (Å²) in [6, 6.07) is 1.34. The summed E-state index contributed by atoms with van der Waals surface area (Å²) in [4.78, 5) is 19.7. The van der Waals surface area contributed by atoms with Crippen LogP contribution in [0.2, 0.25) is 0 Å². The lowest BCUT2D eigenvalue weighted by molar-refractivity contribution is -0.151. The Balaban J connectivity index is 1.30. The van der Waals surface area contributed by atoms with Crippen molar-refractivity contribution in [3.63, 3.8) is 0 Å². The summed E-state index contributed by atoms with van der Waals surface area (Å²) >= 11 is 0. The summed E-state index contributed by atoms with van der Waals surface area (Å²) in [5.41, 5.74) is 0.0401. The molecule has 4 rings (SSSR count). The van der Waals surface area contributed by atoms with Crippen LogP contribution in [0.3, 0.4) is 0 Å². The molecular weight excluding hydrogens is 314 g/mol. The first kappa shape index (κ1) is 17.7. The Morgan fingerprint density at radius 1 is 1.00 bits per heavy atom. The average Bonchev–Trinajstić information content (AvgIpc) is 3.47. The second-order valence-electron chi connectivity index (χ2n) is 8.94. The third-order valence-electron chi connectivity index (χ3n) is 6.98. The number of ether oxygens (including phenoxy) is 1. The third kappa shape index (κ3) is 3.88. The summed E-state index contributed by atoms with van der Waals surface area (Å²) in [6.07, 6.45) is 6.64. The molecule has 4 aliphatic rings. The Hall–Kier alpha value is -0.650. The molecule has 1 saturated carbocycles. The van der Waals surface area contributed by atoms with Crippen LogP contribution < -0.4 is 0 Å². The Morgan fingerprint density at radius 3 is 2.28 bits per heavy atom. The molecule has 1 amide bonds. The SMILES string of the molecule is CC(C)N1CCN(C2CCOC3(CCN(C(=O)C4CC4)CC3)C2)CC1. The number of amides is 1. The number of nitrogens with zero attached hydrogens (tertiary/aromatic N) is 3. The molecule has 0 bridgehead atoms. The molecular formula is C20H35N3O2. The zero-order chi connectivity index (χ0) is 17.4. The summed E-state index contributed by atoms with van der Waals surface area (Å²) in [6.45, 7) is 12.1. The van der Waals surface area contributed by atoms with Gasteiger partial charge in [0.05, 0.1) is 5.60 Å². The van der Waals surface area contributed by atoms with Crippen LogP contribution in [0.1, 0.15) is 52.4 Å². The normalized spacial score (nSPS) is 31.6. The number of rotatable bonds is 3. The molecule has 142 valence electrons. The molecule has 4 fully saturated rings. The van der Waals surface area contributed by atoms with Crippen molar-refractivity contribution in [1.29, 1.82) is 0 Å². The van der Waals surface area contributed by atoms with Gasteiger partial charge in [0.2, 0.25) is 5.91 Å². The van der Waals surface area contributed by atoms with E-state index in [0.29, 0.717) is 23.9 Å². The van der Waals surface area contributed by atoms with Crippen molar-refractivity contribution in [3.8, 4) is 0 Å². The van der Waals surface area contributed by atoms with Crippen LogP contribution in [0, 0.1) is 5.92 Å². The summed E-state index contributed by atoms with van der Waals surface area (Å²) in [7, 11) is 0. The van der Waals surface area contributed by atoms with Crippen LogP contribution in [0.5, 0.6) is 0 Å². The largest absolute Gasteiger partial charge is 0.375 e. The number of carbonyl (C=O) groups is 1. The first-order chi connectivity index (χ1) is 12.1. The fourth-order valence-electron chi connectivity index (χ4n) is 5.00. The third-order valence-corrected chi connectivity index (χ3v) is 6.98. The number of hydrogen-bond donors (Lipinski definition) is 0. The number of piperazine rings is 1. The van der Waals surface area contributed by atoms with Crippen LogP contribution in [-0.4, -0.2) is 84.2 Å². The first-order valence-electron chi connectivity index (χ1n) is 10.5. The van der Waals surface area contributed by atoms with Gasteiger partial charge in [0.1, 0.15) is 0 Å². The molecule has 0 radical (unpaired) electrons. The van der Waals surface area contributed by atoms with E-state index in [-0.39, 0.29) is 5.60 Å². The zero-order valence-electron chi connectivity index (χ0n) is 16.1. The number of carbonyl (C=O) groups excluding carboxylic acids is 1. The first-order valence-corrected chi connectivity index (χ1v) is 10.5. The van der Waals surface area contributed by atoms with Gasteiger partial charge in [-0.3, -0.25) is 14.6 Å². The monoisotopic (exact) mass is 349 g/mol. The van der Waals surface area contributed by atoms with Crippen LogP contribution in [-0.2, 0) is 9.53 Å². The topological polar surface area (TPSA) is 36.0 Å². The lowest BCUT2D eigenvalue weighted by Gasteiger charge is -2.50. The van der Waals surface area contributed by atoms with Crippen molar-refractivity contribution in [2.75, 3.05) is 45.9 Å². The minimum Gasteiger partial charge on any atom is -0.375 e. The van der Waals surface area contributed by atoms with Gasteiger partial charge in [0.15, 0.2) is 0 Å². The summed E-state index contributed by atoms with van der Waals surface area (Å²) in [5.74, 6) is 0.762. The average molecular weight is 350 g/mol. The molecule has 3 saturated heterocycles. The molecule has 0 N–H and O–H groups in total. The number of likely N-dealkylation sites (tertiary alicyclic amines) is 1. The molecule has 0 aromatic heterocycles. The predicted molar refractivity (Wildman–Crippen MR) is 98.5 cm³/mol. The van der Waals surface area contributed by atoms with E-state index in [0.717, 1.165) is 45.4 Å². The second kappa shape index (κ2) is 7.16. The highest BCUT2D eigenvalue weighted by Gasteiger charge is 2.44. The maximum Gasteiger partial charge on any atom is 0.225 e. The molecule has 3 aliphatic heterocycles. The summed E-state index contributed by atoms with van der Waals surface area (Å²) < 4.78 is 6.32. The van der Waals surface area contributed by atoms with Gasteiger partial charge in [-0.15, -0.1) is 0 Å². The van der Waals surface area contributed by atoms with E-state index in [4.69, 9.17) is 4.74 Å². The van der Waals surface area contributed by atoms with E-state index in [1.54, 1.807) is 0 Å². The van der Waals surface area contributed by atoms with Gasteiger partial charge in [-0.05, 0) is 52.4 Å². The molecule has 1 atom stereocenters. The maximum absolute atomic E-state index is 12.3. The Labute approximate surface area is 152 Å². The lowest BCUT2D eigenvalue weighted by atomic mass is 9.81. The lowest BCUT2D eigenvalue weighted by Crippen LogP contribution is -2.58. The molecule has 1 unspecified atom stereocenters. The molecule has 25 heavy (non-hydrogen) atoms. The highest BCUT2D eigenvalue weighted by Crippen LogP contribution is 2.39. The Morgan fingerprint density at radius 2 is 1.68 bits per heavy atom. The Kier molecular flexibility index (Phi) is 5.09. The molecule has 1 spiro atoms. The van der Waals surface area contributed by atoms with E-state index in [1.165, 1.54) is 39.0 Å². The highest BCUT2D eigenvalue weighted by molar-refractivity contribution is 5.81. The predicted octanol–water partition coefficient (Wildman–Crippen LogP) is 1.96. The minimum absolute atomic E-state index is 0.0401. The van der Waals surface area contributed by atoms with E-state index in [9.17, 15) is 4.79 Å². The molecule has 5 heteroatoms. The van der Waals surface area contributed by atoms with Crippen molar-refractivity contribution in [2.24, 2.45) is 5.92 Å². The van der Waals surface area contributed by atoms with Crippen LogP contribution in [0.15, 0.2) is 0 Å². The highest BCUT2D eigenvalue weighted by atomic mass is 16.5. The number of piperidine rings is 1. The van der Waals surface area contributed by atoms with Gasteiger partial charge < -0.3 is 9.64 Å². The molecule has 0 aromatic rings. The quantitative estimate of drug-likeness (QED) is 0.780. The second-order valence-corrected chi connectivity index (χ2v) is 8.94.